The predicted octanol–water partition coefficient (Wildman–Crippen LogP) is 2.74. The Morgan fingerprint density at radius 3 is 2.54 bits per heavy atom. The highest BCUT2D eigenvalue weighted by atomic mass is 16.3. The number of aliphatic hydroxyl groups excluding tert-OH is 1. The van der Waals surface area contributed by atoms with Crippen LogP contribution in [0.15, 0.2) is 59.7 Å². The van der Waals surface area contributed by atoms with E-state index >= 15 is 0 Å². The summed E-state index contributed by atoms with van der Waals surface area (Å²) in [7, 11) is 1.81. The Morgan fingerprint density at radius 1 is 1.11 bits per heavy atom. The summed E-state index contributed by atoms with van der Waals surface area (Å²) in [6.07, 6.45) is 3.60. The summed E-state index contributed by atoms with van der Waals surface area (Å²) in [6.45, 7) is 7.39. The van der Waals surface area contributed by atoms with Crippen molar-refractivity contribution in [2.24, 2.45) is 7.05 Å². The van der Waals surface area contributed by atoms with Crippen molar-refractivity contribution in [3.05, 3.63) is 76.3 Å². The normalized spacial score (nSPS) is 16.8. The first-order valence-electron chi connectivity index (χ1n) is 12.5. The molecule has 1 N–H and O–H groups in total. The standard InChI is InChI=1S/C28H32N6O3/c1-18-6-5-7-21(12-18)20(3)34-25-13-22(8-9-24(25)27(37)31(34)4)23-14-29-28(30-15-23)32-10-11-33(19(2)16-32)26(36)17-35/h5-9,12-15,19-20,35H,10-11,16-17H2,1-4H3/t19?,20-/m1/s1. The molecule has 9 nitrogen and oxygen atoms in total. The van der Waals surface area contributed by atoms with Crippen LogP contribution in [0.4, 0.5) is 5.95 Å². The fourth-order valence-corrected chi connectivity index (χ4v) is 5.29. The zero-order valence-electron chi connectivity index (χ0n) is 21.6. The van der Waals surface area contributed by atoms with E-state index in [2.05, 4.69) is 46.9 Å². The summed E-state index contributed by atoms with van der Waals surface area (Å²) in [4.78, 5) is 37.9. The summed E-state index contributed by atoms with van der Waals surface area (Å²) in [5, 5.41) is 9.85. The summed E-state index contributed by atoms with van der Waals surface area (Å²) in [6, 6.07) is 14.1. The van der Waals surface area contributed by atoms with Crippen LogP contribution in [-0.4, -0.2) is 67.5 Å². The molecule has 2 aromatic carbocycles. The zero-order valence-corrected chi connectivity index (χ0v) is 21.6. The van der Waals surface area contributed by atoms with Gasteiger partial charge in [0, 0.05) is 50.7 Å². The number of carbonyl (C=O) groups is 1. The smallest absolute Gasteiger partial charge is 0.274 e. The lowest BCUT2D eigenvalue weighted by Gasteiger charge is -2.39. The quantitative estimate of drug-likeness (QED) is 0.453. The number of amides is 1. The van der Waals surface area contributed by atoms with E-state index in [1.165, 1.54) is 5.56 Å². The van der Waals surface area contributed by atoms with Gasteiger partial charge in [0.25, 0.3) is 5.56 Å². The number of benzene rings is 2. The van der Waals surface area contributed by atoms with Crippen molar-refractivity contribution >= 4 is 22.8 Å². The lowest BCUT2D eigenvalue weighted by molar-refractivity contribution is -0.136. The van der Waals surface area contributed by atoms with Gasteiger partial charge in [-0.25, -0.2) is 9.97 Å². The molecule has 2 aromatic heterocycles. The fraction of sp³-hybridized carbons (Fsp3) is 0.357. The maximum Gasteiger partial charge on any atom is 0.274 e. The van der Waals surface area contributed by atoms with Crippen LogP contribution in [0.2, 0.25) is 0 Å². The molecule has 2 atom stereocenters. The Labute approximate surface area is 215 Å². The van der Waals surface area contributed by atoms with E-state index in [4.69, 9.17) is 0 Å². The average molecular weight is 501 g/mol. The van der Waals surface area contributed by atoms with E-state index in [9.17, 15) is 14.7 Å². The Hall–Kier alpha value is -3.98. The number of aromatic nitrogens is 4. The number of fused-ring (bicyclic) bond motifs is 1. The van der Waals surface area contributed by atoms with Gasteiger partial charge in [-0.05, 0) is 44.0 Å². The van der Waals surface area contributed by atoms with E-state index in [1.807, 2.05) is 35.9 Å². The van der Waals surface area contributed by atoms with Crippen LogP contribution in [0, 0.1) is 6.92 Å². The highest BCUT2D eigenvalue weighted by molar-refractivity contribution is 5.84. The number of carbonyl (C=O) groups excluding carboxylic acids is 1. The SMILES string of the molecule is Cc1cccc([C@@H](C)n2c3cc(-c4cnc(N5CCN(C(=O)CO)C(C)C5)nc4)ccc3c(=O)n2C)c1. The second-order valence-corrected chi connectivity index (χ2v) is 9.81. The molecule has 0 radical (unpaired) electrons. The number of aliphatic hydroxyl groups is 1. The first-order valence-corrected chi connectivity index (χ1v) is 12.5. The Bertz CT molecular complexity index is 1510. The molecule has 0 bridgehead atoms. The maximum absolute atomic E-state index is 13.0. The minimum absolute atomic E-state index is 0.0256. The monoisotopic (exact) mass is 500 g/mol. The largest absolute Gasteiger partial charge is 0.387 e. The maximum atomic E-state index is 13.0. The molecule has 5 rings (SSSR count). The zero-order chi connectivity index (χ0) is 26.3. The molecule has 1 saturated heterocycles. The van der Waals surface area contributed by atoms with Gasteiger partial charge < -0.3 is 14.9 Å². The van der Waals surface area contributed by atoms with Crippen LogP contribution in [0.5, 0.6) is 0 Å². The Balaban J connectivity index is 1.44. The van der Waals surface area contributed by atoms with Gasteiger partial charge in [0.1, 0.15) is 6.61 Å². The molecule has 1 fully saturated rings. The van der Waals surface area contributed by atoms with Crippen LogP contribution in [0.3, 0.4) is 0 Å². The summed E-state index contributed by atoms with van der Waals surface area (Å²) in [5.41, 5.74) is 4.95. The lowest BCUT2D eigenvalue weighted by Crippen LogP contribution is -2.55. The molecule has 0 spiro atoms. The highest BCUT2D eigenvalue weighted by Gasteiger charge is 2.28. The van der Waals surface area contributed by atoms with E-state index in [0.29, 0.717) is 31.0 Å². The second kappa shape index (κ2) is 9.82. The predicted molar refractivity (Wildman–Crippen MR) is 144 cm³/mol. The molecule has 1 aliphatic heterocycles. The third kappa shape index (κ3) is 4.51. The van der Waals surface area contributed by atoms with Crippen LogP contribution >= 0.6 is 0 Å². The van der Waals surface area contributed by atoms with Crippen molar-refractivity contribution < 1.29 is 9.90 Å². The molecular formula is C28H32N6O3. The third-order valence-corrected chi connectivity index (χ3v) is 7.32. The first-order chi connectivity index (χ1) is 17.8. The van der Waals surface area contributed by atoms with Gasteiger partial charge >= 0.3 is 0 Å². The van der Waals surface area contributed by atoms with Gasteiger partial charge in [-0.3, -0.25) is 19.0 Å². The van der Waals surface area contributed by atoms with Crippen LogP contribution in [-0.2, 0) is 11.8 Å². The van der Waals surface area contributed by atoms with Crippen molar-refractivity contribution in [1.82, 2.24) is 24.2 Å². The van der Waals surface area contributed by atoms with Crippen LogP contribution < -0.4 is 10.5 Å². The molecule has 3 heterocycles. The molecule has 37 heavy (non-hydrogen) atoms. The van der Waals surface area contributed by atoms with E-state index in [-0.39, 0.29) is 23.6 Å². The van der Waals surface area contributed by atoms with Crippen LogP contribution in [0.1, 0.15) is 31.0 Å². The molecule has 0 aliphatic carbocycles. The second-order valence-electron chi connectivity index (χ2n) is 9.81. The number of piperazine rings is 1. The summed E-state index contributed by atoms with van der Waals surface area (Å²) < 4.78 is 3.73. The molecule has 0 saturated carbocycles. The number of hydrogen-bond acceptors (Lipinski definition) is 6. The number of hydrogen-bond donors (Lipinski definition) is 1. The van der Waals surface area contributed by atoms with Crippen molar-refractivity contribution in [3.8, 4) is 11.1 Å². The van der Waals surface area contributed by atoms with Crippen molar-refractivity contribution in [3.63, 3.8) is 0 Å². The summed E-state index contributed by atoms with van der Waals surface area (Å²) >= 11 is 0. The van der Waals surface area contributed by atoms with Crippen LogP contribution in [0.25, 0.3) is 22.0 Å². The number of rotatable bonds is 5. The average Bonchev–Trinajstić information content (AvgIpc) is 3.16. The molecule has 1 unspecified atom stereocenters. The topological polar surface area (TPSA) is 96.5 Å². The minimum atomic E-state index is -0.473. The lowest BCUT2D eigenvalue weighted by atomic mass is 10.0. The van der Waals surface area contributed by atoms with Gasteiger partial charge in [-0.15, -0.1) is 0 Å². The van der Waals surface area contributed by atoms with Gasteiger partial charge in [-0.1, -0.05) is 35.9 Å². The van der Waals surface area contributed by atoms with Gasteiger partial charge in [0.15, 0.2) is 0 Å². The van der Waals surface area contributed by atoms with E-state index in [0.717, 1.165) is 22.2 Å². The number of anilines is 1. The van der Waals surface area contributed by atoms with E-state index < -0.39 is 6.61 Å². The van der Waals surface area contributed by atoms with Crippen molar-refractivity contribution in [2.75, 3.05) is 31.1 Å². The first kappa shape index (κ1) is 24.7. The third-order valence-electron chi connectivity index (χ3n) is 7.32. The van der Waals surface area contributed by atoms with Gasteiger partial charge in [0.2, 0.25) is 11.9 Å². The molecule has 1 amide bonds. The molecule has 1 aliphatic rings. The molecule has 9 heteroatoms. The fourth-order valence-electron chi connectivity index (χ4n) is 5.29. The highest BCUT2D eigenvalue weighted by Crippen LogP contribution is 2.28. The summed E-state index contributed by atoms with van der Waals surface area (Å²) in [5.74, 6) is 0.354. The number of nitrogens with zero attached hydrogens (tertiary/aromatic N) is 6. The van der Waals surface area contributed by atoms with E-state index in [1.54, 1.807) is 29.0 Å². The van der Waals surface area contributed by atoms with Crippen molar-refractivity contribution in [2.45, 2.75) is 32.9 Å². The molecule has 192 valence electrons. The van der Waals surface area contributed by atoms with Gasteiger partial charge in [0.05, 0.1) is 16.9 Å². The number of aryl methyl sites for hydroxylation is 1. The molecular weight excluding hydrogens is 468 g/mol. The molecule has 4 aromatic rings. The van der Waals surface area contributed by atoms with Crippen molar-refractivity contribution in [1.29, 1.82) is 0 Å². The Kier molecular flexibility index (Phi) is 6.55. The Morgan fingerprint density at radius 2 is 1.86 bits per heavy atom. The van der Waals surface area contributed by atoms with Gasteiger partial charge in [-0.2, -0.15) is 0 Å². The minimum Gasteiger partial charge on any atom is -0.387 e.